The molecule has 224 valence electrons. The standard InChI is InChI=1S/C34H38N4O5/c1-23-17-38(18-29-21-42-22-35-29)24(2)20-43-31-15-14-28(16-30(31)34(40)37(3)19-32(23)41-4)36-33(39)27-12-10-26(11-13-27)25-8-6-5-7-9-25/h5-16,21-24,32H,17-20H2,1-4H3,(H,36,39)/t23-,24-,32-/m1/s1. The summed E-state index contributed by atoms with van der Waals surface area (Å²) in [6.45, 7) is 6.28. The lowest BCUT2D eigenvalue weighted by atomic mass is 10.0. The molecule has 4 aromatic rings. The van der Waals surface area contributed by atoms with Gasteiger partial charge >= 0.3 is 0 Å². The van der Waals surface area contributed by atoms with Crippen molar-refractivity contribution in [3.05, 3.63) is 102 Å². The molecular formula is C34H38N4O5. The van der Waals surface area contributed by atoms with Gasteiger partial charge in [-0.2, -0.15) is 0 Å². The minimum absolute atomic E-state index is 0.00926. The number of carbonyl (C=O) groups is 2. The van der Waals surface area contributed by atoms with Gasteiger partial charge in [-0.15, -0.1) is 0 Å². The summed E-state index contributed by atoms with van der Waals surface area (Å²) < 4.78 is 17.3. The zero-order valence-electron chi connectivity index (χ0n) is 25.0. The van der Waals surface area contributed by atoms with E-state index in [1.807, 2.05) is 42.5 Å². The minimum Gasteiger partial charge on any atom is -0.491 e. The van der Waals surface area contributed by atoms with Crippen molar-refractivity contribution < 1.29 is 23.5 Å². The molecule has 0 saturated heterocycles. The van der Waals surface area contributed by atoms with Crippen molar-refractivity contribution in [3.63, 3.8) is 0 Å². The van der Waals surface area contributed by atoms with Crippen molar-refractivity contribution in [2.24, 2.45) is 5.92 Å². The molecule has 0 aliphatic carbocycles. The fourth-order valence-corrected chi connectivity index (χ4v) is 5.32. The number of benzene rings is 3. The molecule has 9 heteroatoms. The van der Waals surface area contributed by atoms with Crippen LogP contribution in [0.2, 0.25) is 0 Å². The number of anilines is 1. The van der Waals surface area contributed by atoms with Gasteiger partial charge in [0.2, 0.25) is 0 Å². The number of methoxy groups -OCH3 is 1. The highest BCUT2D eigenvalue weighted by Gasteiger charge is 2.29. The largest absolute Gasteiger partial charge is 0.491 e. The summed E-state index contributed by atoms with van der Waals surface area (Å²) in [5, 5.41) is 2.94. The molecule has 2 heterocycles. The lowest BCUT2D eigenvalue weighted by molar-refractivity contribution is 0.00900. The van der Waals surface area contributed by atoms with Gasteiger partial charge in [-0.1, -0.05) is 49.4 Å². The molecule has 5 rings (SSSR count). The molecule has 1 aliphatic rings. The summed E-state index contributed by atoms with van der Waals surface area (Å²) in [6.07, 6.45) is 2.89. The van der Waals surface area contributed by atoms with Crippen LogP contribution in [0.3, 0.4) is 0 Å². The molecule has 2 amide bonds. The van der Waals surface area contributed by atoms with E-state index in [9.17, 15) is 9.59 Å². The number of ether oxygens (including phenoxy) is 2. The molecule has 0 fully saturated rings. The summed E-state index contributed by atoms with van der Waals surface area (Å²) in [7, 11) is 3.43. The molecule has 1 aliphatic heterocycles. The average Bonchev–Trinajstić information content (AvgIpc) is 3.55. The van der Waals surface area contributed by atoms with Gasteiger partial charge < -0.3 is 24.1 Å². The fourth-order valence-electron chi connectivity index (χ4n) is 5.32. The van der Waals surface area contributed by atoms with Crippen LogP contribution in [0.15, 0.2) is 89.9 Å². The number of amides is 2. The monoisotopic (exact) mass is 582 g/mol. The number of carbonyl (C=O) groups excluding carboxylic acids is 2. The summed E-state index contributed by atoms with van der Waals surface area (Å²) in [5.41, 5.74) is 4.34. The molecule has 43 heavy (non-hydrogen) atoms. The molecule has 3 atom stereocenters. The smallest absolute Gasteiger partial charge is 0.257 e. The maximum atomic E-state index is 13.7. The van der Waals surface area contributed by atoms with Crippen LogP contribution in [0.5, 0.6) is 5.75 Å². The SMILES string of the molecule is CO[C@@H]1CN(C)C(=O)c2cc(NC(=O)c3ccc(-c4ccccc4)cc3)ccc2OC[C@@H](C)N(Cc2cocn2)C[C@H]1C. The van der Waals surface area contributed by atoms with Crippen LogP contribution in [-0.2, 0) is 11.3 Å². The van der Waals surface area contributed by atoms with Crippen molar-refractivity contribution in [1.29, 1.82) is 0 Å². The Hall–Kier alpha value is -4.47. The number of fused-ring (bicyclic) bond motifs is 1. The van der Waals surface area contributed by atoms with Gasteiger partial charge in [0.05, 0.1) is 17.4 Å². The second-order valence-electron chi connectivity index (χ2n) is 11.1. The number of oxazole rings is 1. The molecule has 0 spiro atoms. The van der Waals surface area contributed by atoms with Gasteiger partial charge in [0.25, 0.3) is 11.8 Å². The van der Waals surface area contributed by atoms with Gasteiger partial charge in [-0.25, -0.2) is 4.98 Å². The summed E-state index contributed by atoms with van der Waals surface area (Å²) in [4.78, 5) is 35.1. The van der Waals surface area contributed by atoms with Gasteiger partial charge in [0.1, 0.15) is 18.6 Å². The zero-order chi connectivity index (χ0) is 30.3. The maximum absolute atomic E-state index is 13.7. The summed E-state index contributed by atoms with van der Waals surface area (Å²) in [6, 6.07) is 22.6. The van der Waals surface area contributed by atoms with E-state index in [-0.39, 0.29) is 29.9 Å². The predicted molar refractivity (Wildman–Crippen MR) is 165 cm³/mol. The Morgan fingerprint density at radius 3 is 2.47 bits per heavy atom. The van der Waals surface area contributed by atoms with Crippen molar-refractivity contribution >= 4 is 17.5 Å². The van der Waals surface area contributed by atoms with Gasteiger partial charge in [-0.3, -0.25) is 14.5 Å². The number of rotatable bonds is 6. The molecule has 0 saturated carbocycles. The minimum atomic E-state index is -0.264. The quantitative estimate of drug-likeness (QED) is 0.316. The molecule has 1 N–H and O–H groups in total. The van der Waals surface area contributed by atoms with Crippen LogP contribution in [-0.4, -0.2) is 72.6 Å². The van der Waals surface area contributed by atoms with Crippen LogP contribution >= 0.6 is 0 Å². The van der Waals surface area contributed by atoms with E-state index in [2.05, 4.69) is 29.0 Å². The van der Waals surface area contributed by atoms with Crippen LogP contribution < -0.4 is 10.1 Å². The molecule has 1 aromatic heterocycles. The molecule has 0 bridgehead atoms. The first-order valence-electron chi connectivity index (χ1n) is 14.5. The lowest BCUT2D eigenvalue weighted by Gasteiger charge is -2.35. The number of likely N-dealkylation sites (N-methyl/N-ethyl adjacent to an activating group) is 1. The summed E-state index contributed by atoms with van der Waals surface area (Å²) in [5.74, 6) is 0.102. The van der Waals surface area contributed by atoms with Crippen LogP contribution in [0.1, 0.15) is 40.3 Å². The second-order valence-corrected chi connectivity index (χ2v) is 11.1. The van der Waals surface area contributed by atoms with Gasteiger partial charge in [-0.05, 0) is 54.3 Å². The Balaban J connectivity index is 1.37. The van der Waals surface area contributed by atoms with Crippen molar-refractivity contribution in [3.8, 4) is 16.9 Å². The lowest BCUT2D eigenvalue weighted by Crippen LogP contribution is -2.46. The van der Waals surface area contributed by atoms with E-state index < -0.39 is 0 Å². The van der Waals surface area contributed by atoms with Crippen molar-refractivity contribution in [2.75, 3.05) is 39.2 Å². The Morgan fingerprint density at radius 2 is 1.77 bits per heavy atom. The first-order valence-corrected chi connectivity index (χ1v) is 14.5. The number of nitrogens with zero attached hydrogens (tertiary/aromatic N) is 3. The highest BCUT2D eigenvalue weighted by molar-refractivity contribution is 6.05. The van der Waals surface area contributed by atoms with E-state index in [1.165, 1.54) is 6.39 Å². The van der Waals surface area contributed by atoms with Crippen LogP contribution in [0, 0.1) is 5.92 Å². The maximum Gasteiger partial charge on any atom is 0.257 e. The number of hydrogen-bond acceptors (Lipinski definition) is 7. The van der Waals surface area contributed by atoms with Crippen molar-refractivity contribution in [2.45, 2.75) is 32.5 Å². The zero-order valence-corrected chi connectivity index (χ0v) is 25.0. The van der Waals surface area contributed by atoms with Crippen molar-refractivity contribution in [1.82, 2.24) is 14.8 Å². The van der Waals surface area contributed by atoms with E-state index in [4.69, 9.17) is 13.9 Å². The van der Waals surface area contributed by atoms with Crippen LogP contribution in [0.25, 0.3) is 11.1 Å². The van der Waals surface area contributed by atoms with E-state index in [0.29, 0.717) is 42.3 Å². The summed E-state index contributed by atoms with van der Waals surface area (Å²) >= 11 is 0. The topological polar surface area (TPSA) is 97.1 Å². The van der Waals surface area contributed by atoms with E-state index >= 15 is 0 Å². The highest BCUT2D eigenvalue weighted by atomic mass is 16.5. The normalized spacial score (nSPS) is 20.0. The molecule has 9 nitrogen and oxygen atoms in total. The third-order valence-electron chi connectivity index (χ3n) is 7.93. The Morgan fingerprint density at radius 1 is 1.02 bits per heavy atom. The van der Waals surface area contributed by atoms with E-state index in [1.54, 1.807) is 55.7 Å². The number of aromatic nitrogens is 1. The Labute approximate surface area is 252 Å². The molecule has 0 unspecified atom stereocenters. The first kappa shape index (κ1) is 30.0. The Bertz CT molecular complexity index is 1510. The third kappa shape index (κ3) is 7.31. The predicted octanol–water partition coefficient (Wildman–Crippen LogP) is 5.60. The van der Waals surface area contributed by atoms with Gasteiger partial charge in [0, 0.05) is 51.1 Å². The molecule has 0 radical (unpaired) electrons. The average molecular weight is 583 g/mol. The van der Waals surface area contributed by atoms with Gasteiger partial charge in [0.15, 0.2) is 6.39 Å². The number of nitrogens with one attached hydrogen (secondary N) is 1. The first-order chi connectivity index (χ1) is 20.8. The van der Waals surface area contributed by atoms with Crippen LogP contribution in [0.4, 0.5) is 5.69 Å². The van der Waals surface area contributed by atoms with E-state index in [0.717, 1.165) is 23.4 Å². The fraction of sp³-hybridized carbons (Fsp3) is 0.324. The molecule has 3 aromatic carbocycles. The molecular weight excluding hydrogens is 544 g/mol. The second kappa shape index (κ2) is 13.7. The highest BCUT2D eigenvalue weighted by Crippen LogP contribution is 2.27. The number of hydrogen-bond donors (Lipinski definition) is 1. The third-order valence-corrected chi connectivity index (χ3v) is 7.93. The Kier molecular flexibility index (Phi) is 9.54.